The second-order valence-electron chi connectivity index (χ2n) is 7.36. The van der Waals surface area contributed by atoms with Gasteiger partial charge in [0.2, 0.25) is 0 Å². The maximum atomic E-state index is 13.1. The normalized spacial score (nSPS) is 26.0. The molecule has 0 radical (unpaired) electrons. The molecule has 1 atom stereocenters. The van der Waals surface area contributed by atoms with E-state index in [-0.39, 0.29) is 17.5 Å². The summed E-state index contributed by atoms with van der Waals surface area (Å²) in [6.45, 7) is 0. The standard InChI is InChI=1S/C21H22Cl2N2O/c1-25-15-10-12-21(25,13-11-15)19(14-6-3-2-4-7-14)24-20(26)16-8-5-9-17(22)18(16)23/h2-9,15,19H,10-13H2,1H3,(H,24,26)/t15?,19-,21?/m1/s1. The number of halogens is 2. The molecule has 2 bridgehead atoms. The van der Waals surface area contributed by atoms with Gasteiger partial charge in [0, 0.05) is 11.6 Å². The Bertz CT molecular complexity index is 816. The highest BCUT2D eigenvalue weighted by molar-refractivity contribution is 6.43. The first-order valence-electron chi connectivity index (χ1n) is 9.06. The quantitative estimate of drug-likeness (QED) is 0.790. The van der Waals surface area contributed by atoms with Crippen LogP contribution in [0.5, 0.6) is 0 Å². The molecule has 2 fully saturated rings. The molecule has 2 aromatic carbocycles. The molecule has 2 heterocycles. The van der Waals surface area contributed by atoms with E-state index < -0.39 is 0 Å². The van der Waals surface area contributed by atoms with Crippen molar-refractivity contribution in [3.8, 4) is 0 Å². The lowest BCUT2D eigenvalue weighted by atomic mass is 9.78. The summed E-state index contributed by atoms with van der Waals surface area (Å²) in [5.74, 6) is -0.176. The number of rotatable bonds is 4. The molecule has 0 aliphatic carbocycles. The lowest BCUT2D eigenvalue weighted by Crippen LogP contribution is -2.51. The fourth-order valence-electron chi connectivity index (χ4n) is 4.76. The first-order valence-corrected chi connectivity index (χ1v) is 9.81. The van der Waals surface area contributed by atoms with Crippen molar-refractivity contribution in [2.75, 3.05) is 7.05 Å². The SMILES string of the molecule is CN1C2CCC1([C@H](NC(=O)c1cccc(Cl)c1Cl)c1ccccc1)CC2. The Labute approximate surface area is 164 Å². The van der Waals surface area contributed by atoms with E-state index >= 15 is 0 Å². The van der Waals surface area contributed by atoms with Gasteiger partial charge in [0.15, 0.2) is 0 Å². The first kappa shape index (κ1) is 17.8. The van der Waals surface area contributed by atoms with Crippen molar-refractivity contribution in [2.24, 2.45) is 0 Å². The molecule has 136 valence electrons. The monoisotopic (exact) mass is 388 g/mol. The van der Waals surface area contributed by atoms with Crippen LogP contribution in [0.4, 0.5) is 0 Å². The van der Waals surface area contributed by atoms with Gasteiger partial charge >= 0.3 is 0 Å². The number of benzene rings is 2. The first-order chi connectivity index (χ1) is 12.5. The summed E-state index contributed by atoms with van der Waals surface area (Å²) in [5, 5.41) is 3.99. The summed E-state index contributed by atoms with van der Waals surface area (Å²) in [6.07, 6.45) is 4.57. The zero-order valence-corrected chi connectivity index (χ0v) is 16.2. The van der Waals surface area contributed by atoms with Gasteiger partial charge in [0.05, 0.1) is 21.7 Å². The van der Waals surface area contributed by atoms with Crippen LogP contribution in [0.1, 0.15) is 47.6 Å². The van der Waals surface area contributed by atoms with Crippen molar-refractivity contribution in [1.29, 1.82) is 0 Å². The number of carbonyl (C=O) groups is 1. The average Bonchev–Trinajstić information content (AvgIpc) is 3.15. The molecule has 0 spiro atoms. The van der Waals surface area contributed by atoms with Crippen LogP contribution >= 0.6 is 23.2 Å². The van der Waals surface area contributed by atoms with Crippen molar-refractivity contribution in [3.05, 3.63) is 69.7 Å². The second kappa shape index (κ2) is 6.88. The third-order valence-corrected chi connectivity index (χ3v) is 7.03. The van der Waals surface area contributed by atoms with E-state index in [1.54, 1.807) is 18.2 Å². The number of hydrogen-bond donors (Lipinski definition) is 1. The molecule has 5 heteroatoms. The van der Waals surface area contributed by atoms with E-state index in [4.69, 9.17) is 23.2 Å². The molecule has 0 saturated carbocycles. The molecule has 0 aromatic heterocycles. The zero-order chi connectivity index (χ0) is 18.3. The van der Waals surface area contributed by atoms with Crippen LogP contribution in [-0.4, -0.2) is 29.4 Å². The molecule has 2 aliphatic rings. The molecule has 26 heavy (non-hydrogen) atoms. The molecule has 2 aromatic rings. The van der Waals surface area contributed by atoms with Gasteiger partial charge in [-0.15, -0.1) is 0 Å². The Hall–Kier alpha value is -1.55. The number of nitrogens with one attached hydrogen (secondary N) is 1. The van der Waals surface area contributed by atoms with Gasteiger partial charge in [-0.25, -0.2) is 0 Å². The number of nitrogens with zero attached hydrogens (tertiary/aromatic N) is 1. The van der Waals surface area contributed by atoms with Gasteiger partial charge in [-0.2, -0.15) is 0 Å². The zero-order valence-electron chi connectivity index (χ0n) is 14.7. The topological polar surface area (TPSA) is 32.3 Å². The largest absolute Gasteiger partial charge is 0.343 e. The summed E-state index contributed by atoms with van der Waals surface area (Å²) in [4.78, 5) is 15.5. The lowest BCUT2D eigenvalue weighted by molar-refractivity contribution is 0.0838. The van der Waals surface area contributed by atoms with E-state index in [9.17, 15) is 4.79 Å². The lowest BCUT2D eigenvalue weighted by Gasteiger charge is -2.41. The molecular weight excluding hydrogens is 367 g/mol. The van der Waals surface area contributed by atoms with E-state index in [1.807, 2.05) is 18.2 Å². The summed E-state index contributed by atoms with van der Waals surface area (Å²) in [6, 6.07) is 16.0. The van der Waals surface area contributed by atoms with Crippen LogP contribution in [0.3, 0.4) is 0 Å². The maximum absolute atomic E-state index is 13.1. The number of hydrogen-bond acceptors (Lipinski definition) is 2. The van der Waals surface area contributed by atoms with Crippen LogP contribution < -0.4 is 5.32 Å². The Balaban J connectivity index is 1.71. The van der Waals surface area contributed by atoms with Crippen LogP contribution in [0.15, 0.2) is 48.5 Å². The molecule has 2 aliphatic heterocycles. The van der Waals surface area contributed by atoms with Crippen LogP contribution in [0, 0.1) is 0 Å². The van der Waals surface area contributed by atoms with E-state index in [0.29, 0.717) is 21.7 Å². The molecular formula is C21H22Cl2N2O. The molecule has 3 nitrogen and oxygen atoms in total. The fourth-order valence-corrected chi connectivity index (χ4v) is 5.15. The third kappa shape index (κ3) is 2.83. The summed E-state index contributed by atoms with van der Waals surface area (Å²) in [5.41, 5.74) is 1.52. The highest BCUT2D eigenvalue weighted by Gasteiger charge is 2.54. The number of amides is 1. The highest BCUT2D eigenvalue weighted by Crippen LogP contribution is 2.51. The third-order valence-electron chi connectivity index (χ3n) is 6.21. The van der Waals surface area contributed by atoms with Crippen LogP contribution in [-0.2, 0) is 0 Å². The van der Waals surface area contributed by atoms with Crippen molar-refractivity contribution < 1.29 is 4.79 Å². The molecule has 1 amide bonds. The van der Waals surface area contributed by atoms with Crippen LogP contribution in [0.25, 0.3) is 0 Å². The Kier molecular flexibility index (Phi) is 4.72. The number of carbonyl (C=O) groups excluding carboxylic acids is 1. The predicted octanol–water partition coefficient (Wildman–Crippen LogP) is 5.09. The van der Waals surface area contributed by atoms with Crippen LogP contribution in [0.2, 0.25) is 10.0 Å². The van der Waals surface area contributed by atoms with Crippen molar-refractivity contribution in [1.82, 2.24) is 10.2 Å². The minimum Gasteiger partial charge on any atom is -0.343 e. The fraction of sp³-hybridized carbons (Fsp3) is 0.381. The van der Waals surface area contributed by atoms with Gasteiger partial charge in [-0.3, -0.25) is 9.69 Å². The van der Waals surface area contributed by atoms with Crippen molar-refractivity contribution in [2.45, 2.75) is 43.3 Å². The van der Waals surface area contributed by atoms with E-state index in [1.165, 1.54) is 12.8 Å². The van der Waals surface area contributed by atoms with Gasteiger partial charge in [-0.1, -0.05) is 59.6 Å². The minimum absolute atomic E-state index is 0.0350. The highest BCUT2D eigenvalue weighted by atomic mass is 35.5. The van der Waals surface area contributed by atoms with Gasteiger partial charge in [-0.05, 0) is 50.4 Å². The Morgan fingerprint density at radius 2 is 1.81 bits per heavy atom. The van der Waals surface area contributed by atoms with Crippen molar-refractivity contribution >= 4 is 29.1 Å². The van der Waals surface area contributed by atoms with Gasteiger partial charge in [0.1, 0.15) is 0 Å². The molecule has 0 unspecified atom stereocenters. The van der Waals surface area contributed by atoms with Gasteiger partial charge < -0.3 is 5.32 Å². The Morgan fingerprint density at radius 3 is 2.42 bits per heavy atom. The smallest absolute Gasteiger partial charge is 0.253 e. The van der Waals surface area contributed by atoms with E-state index in [0.717, 1.165) is 18.4 Å². The second-order valence-corrected chi connectivity index (χ2v) is 8.15. The summed E-state index contributed by atoms with van der Waals surface area (Å²) < 4.78 is 0. The predicted molar refractivity (Wildman–Crippen MR) is 106 cm³/mol. The minimum atomic E-state index is -0.176. The van der Waals surface area contributed by atoms with E-state index in [2.05, 4.69) is 29.4 Å². The number of likely N-dealkylation sites (N-methyl/N-ethyl adjacent to an activating group) is 1. The van der Waals surface area contributed by atoms with Crippen molar-refractivity contribution in [3.63, 3.8) is 0 Å². The Morgan fingerprint density at radius 1 is 1.12 bits per heavy atom. The molecule has 1 N–H and O–H groups in total. The number of fused-ring (bicyclic) bond motifs is 2. The summed E-state index contributed by atoms with van der Waals surface area (Å²) >= 11 is 12.4. The molecule has 4 rings (SSSR count). The summed E-state index contributed by atoms with van der Waals surface area (Å²) in [7, 11) is 2.19. The van der Waals surface area contributed by atoms with Gasteiger partial charge in [0.25, 0.3) is 5.91 Å². The maximum Gasteiger partial charge on any atom is 0.253 e. The molecule has 2 saturated heterocycles. The average molecular weight is 389 g/mol.